The molecule has 0 saturated carbocycles. The lowest BCUT2D eigenvalue weighted by Gasteiger charge is -2.16. The Morgan fingerprint density at radius 2 is 1.96 bits per heavy atom. The molecule has 2 aromatic rings. The summed E-state index contributed by atoms with van der Waals surface area (Å²) < 4.78 is 30.0. The molecule has 1 aliphatic rings. The monoisotopic (exact) mass is 351 g/mol. The Bertz CT molecular complexity index is 784. The second-order valence-electron chi connectivity index (χ2n) is 5.54. The number of rotatable bonds is 7. The van der Waals surface area contributed by atoms with Gasteiger partial charge in [-0.15, -0.1) is 0 Å². The number of anilines is 1. The van der Waals surface area contributed by atoms with Crippen LogP contribution in [-0.4, -0.2) is 58.4 Å². The molecule has 0 bridgehead atoms. The predicted molar refractivity (Wildman–Crippen MR) is 90.1 cm³/mol. The molecule has 1 saturated heterocycles. The average Bonchev–Trinajstić information content (AvgIpc) is 3.23. The fraction of sp³-hybridized carbons (Fsp3) is 0.500. The highest BCUT2D eigenvalue weighted by Crippen LogP contribution is 2.12. The summed E-state index contributed by atoms with van der Waals surface area (Å²) in [5.74, 6) is 2.17. The molecule has 2 N–H and O–H groups in total. The van der Waals surface area contributed by atoms with E-state index in [0.29, 0.717) is 37.8 Å². The number of aromatic nitrogens is 4. The molecule has 1 fully saturated rings. The van der Waals surface area contributed by atoms with E-state index in [1.807, 2.05) is 17.7 Å². The highest BCUT2D eigenvalue weighted by atomic mass is 32.2. The number of hydrogen-bond donors (Lipinski definition) is 2. The van der Waals surface area contributed by atoms with Crippen molar-refractivity contribution in [3.63, 3.8) is 0 Å². The average molecular weight is 351 g/mol. The van der Waals surface area contributed by atoms with E-state index in [9.17, 15) is 8.42 Å². The first kappa shape index (κ1) is 16.8. The van der Waals surface area contributed by atoms with Crippen LogP contribution in [0.1, 0.15) is 18.7 Å². The summed E-state index contributed by atoms with van der Waals surface area (Å²) in [6.45, 7) is 3.82. The topological polar surface area (TPSA) is 105 Å². The summed E-state index contributed by atoms with van der Waals surface area (Å²) in [6.07, 6.45) is 6.85. The van der Waals surface area contributed by atoms with Crippen molar-refractivity contribution in [1.29, 1.82) is 0 Å². The Morgan fingerprint density at radius 1 is 1.17 bits per heavy atom. The first-order valence-electron chi connectivity index (χ1n) is 7.87. The minimum atomic E-state index is -3.37. The van der Waals surface area contributed by atoms with Gasteiger partial charge in [-0.3, -0.25) is 4.57 Å². The summed E-state index contributed by atoms with van der Waals surface area (Å²) in [6, 6.07) is 1.80. The summed E-state index contributed by atoms with van der Waals surface area (Å²) in [7, 11) is -3.37. The molecule has 10 heteroatoms. The van der Waals surface area contributed by atoms with Crippen molar-refractivity contribution < 1.29 is 8.42 Å². The maximum atomic E-state index is 12.0. The summed E-state index contributed by atoms with van der Waals surface area (Å²) in [5.41, 5.74) is 0. The van der Waals surface area contributed by atoms with Gasteiger partial charge in [-0.1, -0.05) is 0 Å². The normalized spacial score (nSPS) is 15.7. The second-order valence-corrected chi connectivity index (χ2v) is 7.29. The maximum Gasteiger partial charge on any atom is 0.279 e. The highest BCUT2D eigenvalue weighted by molar-refractivity contribution is 7.87. The Morgan fingerprint density at radius 3 is 2.67 bits per heavy atom. The third-order valence-corrected chi connectivity index (χ3v) is 5.46. The van der Waals surface area contributed by atoms with Gasteiger partial charge >= 0.3 is 0 Å². The van der Waals surface area contributed by atoms with E-state index < -0.39 is 10.2 Å². The van der Waals surface area contributed by atoms with Gasteiger partial charge in [0.05, 0.1) is 0 Å². The molecule has 0 atom stereocenters. The van der Waals surface area contributed by atoms with Crippen LogP contribution in [0.4, 0.5) is 5.82 Å². The lowest BCUT2D eigenvalue weighted by atomic mass is 10.4. The third-order valence-electron chi connectivity index (χ3n) is 3.85. The molecule has 0 amide bonds. The van der Waals surface area contributed by atoms with Gasteiger partial charge in [0.25, 0.3) is 10.2 Å². The number of hydrogen-bond acceptors (Lipinski definition) is 6. The maximum absolute atomic E-state index is 12.0. The third kappa shape index (κ3) is 3.89. The Hall–Kier alpha value is -2.04. The van der Waals surface area contributed by atoms with Gasteiger partial charge in [-0.25, -0.2) is 19.7 Å². The molecule has 24 heavy (non-hydrogen) atoms. The molecular weight excluding hydrogens is 330 g/mol. The van der Waals surface area contributed by atoms with Crippen LogP contribution in [0, 0.1) is 6.92 Å². The van der Waals surface area contributed by atoms with Crippen LogP contribution in [0.2, 0.25) is 0 Å². The highest BCUT2D eigenvalue weighted by Gasteiger charge is 2.24. The number of aryl methyl sites for hydroxylation is 1. The molecule has 0 aromatic carbocycles. The van der Waals surface area contributed by atoms with Crippen LogP contribution >= 0.6 is 0 Å². The smallest absolute Gasteiger partial charge is 0.279 e. The van der Waals surface area contributed by atoms with E-state index in [1.165, 1.54) is 10.6 Å². The standard InChI is InChI=1S/C14H21N7O2S/c1-12-15-6-9-21(12)14-10-13(17-11-18-14)16-4-5-19-24(22,23)20-7-2-3-8-20/h6,9-11,19H,2-5,7-8H2,1H3,(H,16,17,18). The fourth-order valence-electron chi connectivity index (χ4n) is 2.59. The Kier molecular flexibility index (Phi) is 5.07. The van der Waals surface area contributed by atoms with E-state index in [-0.39, 0.29) is 0 Å². The van der Waals surface area contributed by atoms with Gasteiger partial charge in [0.2, 0.25) is 0 Å². The summed E-state index contributed by atoms with van der Waals surface area (Å²) >= 11 is 0. The van der Waals surface area contributed by atoms with Crippen molar-refractivity contribution in [2.45, 2.75) is 19.8 Å². The molecule has 0 radical (unpaired) electrons. The van der Waals surface area contributed by atoms with Gasteiger partial charge < -0.3 is 5.32 Å². The SMILES string of the molecule is Cc1nccn1-c1cc(NCCNS(=O)(=O)N2CCCC2)ncn1. The van der Waals surface area contributed by atoms with E-state index in [1.54, 1.807) is 12.3 Å². The van der Waals surface area contributed by atoms with Crippen molar-refractivity contribution in [2.75, 3.05) is 31.5 Å². The van der Waals surface area contributed by atoms with Crippen LogP contribution in [-0.2, 0) is 10.2 Å². The van der Waals surface area contributed by atoms with Gasteiger partial charge in [0.1, 0.15) is 23.8 Å². The van der Waals surface area contributed by atoms with Crippen molar-refractivity contribution in [1.82, 2.24) is 28.5 Å². The van der Waals surface area contributed by atoms with Gasteiger partial charge in [0, 0.05) is 44.6 Å². The van der Waals surface area contributed by atoms with Crippen molar-refractivity contribution in [3.05, 3.63) is 30.6 Å². The van der Waals surface area contributed by atoms with Gasteiger partial charge in [-0.2, -0.15) is 12.7 Å². The Balaban J connectivity index is 1.53. The molecule has 3 rings (SSSR count). The molecule has 9 nitrogen and oxygen atoms in total. The minimum absolute atomic E-state index is 0.294. The van der Waals surface area contributed by atoms with Crippen molar-refractivity contribution >= 4 is 16.0 Å². The lowest BCUT2D eigenvalue weighted by molar-refractivity contribution is 0.466. The van der Waals surface area contributed by atoms with Crippen LogP contribution in [0.15, 0.2) is 24.8 Å². The van der Waals surface area contributed by atoms with Crippen LogP contribution in [0.3, 0.4) is 0 Å². The summed E-state index contributed by atoms with van der Waals surface area (Å²) in [4.78, 5) is 12.5. The van der Waals surface area contributed by atoms with E-state index in [0.717, 1.165) is 18.7 Å². The van der Waals surface area contributed by atoms with Crippen LogP contribution in [0.25, 0.3) is 5.82 Å². The summed E-state index contributed by atoms with van der Waals surface area (Å²) in [5, 5.41) is 3.10. The molecule has 0 unspecified atom stereocenters. The number of nitrogens with zero attached hydrogens (tertiary/aromatic N) is 5. The van der Waals surface area contributed by atoms with Crippen molar-refractivity contribution in [3.8, 4) is 5.82 Å². The van der Waals surface area contributed by atoms with Crippen LogP contribution < -0.4 is 10.0 Å². The zero-order valence-corrected chi connectivity index (χ0v) is 14.3. The molecule has 0 spiro atoms. The zero-order chi connectivity index (χ0) is 17.0. The fourth-order valence-corrected chi connectivity index (χ4v) is 3.87. The zero-order valence-electron chi connectivity index (χ0n) is 13.5. The Labute approximate surface area is 141 Å². The van der Waals surface area contributed by atoms with E-state index >= 15 is 0 Å². The number of nitrogens with one attached hydrogen (secondary N) is 2. The molecule has 2 aromatic heterocycles. The molecule has 3 heterocycles. The van der Waals surface area contributed by atoms with Gasteiger partial charge in [-0.05, 0) is 19.8 Å². The second kappa shape index (κ2) is 7.24. The molecule has 130 valence electrons. The van der Waals surface area contributed by atoms with Gasteiger partial charge in [0.15, 0.2) is 0 Å². The van der Waals surface area contributed by atoms with E-state index in [4.69, 9.17) is 0 Å². The lowest BCUT2D eigenvalue weighted by Crippen LogP contribution is -2.40. The molecular formula is C14H21N7O2S. The number of imidazole rings is 1. The predicted octanol–water partition coefficient (Wildman–Crippen LogP) is 0.313. The van der Waals surface area contributed by atoms with Crippen molar-refractivity contribution in [2.24, 2.45) is 0 Å². The van der Waals surface area contributed by atoms with E-state index in [2.05, 4.69) is 25.0 Å². The molecule has 0 aliphatic carbocycles. The quantitative estimate of drug-likeness (QED) is 0.696. The first-order chi connectivity index (χ1) is 11.6. The molecule has 1 aliphatic heterocycles. The van der Waals surface area contributed by atoms with Crippen LogP contribution in [0.5, 0.6) is 0 Å². The first-order valence-corrected chi connectivity index (χ1v) is 9.31. The minimum Gasteiger partial charge on any atom is -0.369 e. The largest absolute Gasteiger partial charge is 0.369 e.